The highest BCUT2D eigenvalue weighted by Gasteiger charge is 2.42. The molecule has 3 aliphatic heterocycles. The number of likely N-dealkylation sites (tertiary alicyclic amines) is 2. The minimum atomic E-state index is -0.0657. The van der Waals surface area contributed by atoms with Gasteiger partial charge in [0.25, 0.3) is 5.91 Å². The lowest BCUT2D eigenvalue weighted by molar-refractivity contribution is -0.130. The quantitative estimate of drug-likeness (QED) is 0.504. The zero-order valence-electron chi connectivity index (χ0n) is 22.1. The van der Waals surface area contributed by atoms with Gasteiger partial charge in [-0.1, -0.05) is 0 Å². The molecule has 2 aromatic rings. The standard InChI is InChI=1S/C30H36N2O6/c1-2-36-24-7-4-22(5-8-24)29(35)31-15-12-30(13-16-31)14-17-32(21-30)28(34)11-9-25(33)23-6-10-26-27(20-23)38-19-3-18-37-26/h4-8,10,20H,2-3,9,11-19,21H2,1H3. The second kappa shape index (κ2) is 11.5. The van der Waals surface area contributed by atoms with Crippen molar-refractivity contribution in [3.8, 4) is 17.2 Å². The number of carbonyl (C=O) groups excluding carboxylic acids is 3. The van der Waals surface area contributed by atoms with Crippen LogP contribution >= 0.6 is 0 Å². The topological polar surface area (TPSA) is 85.4 Å². The number of carbonyl (C=O) groups is 3. The Kier molecular flexibility index (Phi) is 7.86. The van der Waals surface area contributed by atoms with E-state index in [-0.39, 0.29) is 35.9 Å². The number of fused-ring (bicyclic) bond motifs is 1. The number of ether oxygens (including phenoxy) is 3. The first-order valence-corrected chi connectivity index (χ1v) is 13.7. The molecule has 38 heavy (non-hydrogen) atoms. The molecular weight excluding hydrogens is 484 g/mol. The van der Waals surface area contributed by atoms with Crippen LogP contribution in [0.1, 0.15) is 66.2 Å². The third-order valence-electron chi connectivity index (χ3n) is 7.95. The van der Waals surface area contributed by atoms with Gasteiger partial charge in [-0.3, -0.25) is 14.4 Å². The molecule has 0 bridgehead atoms. The molecule has 0 unspecified atom stereocenters. The second-order valence-corrected chi connectivity index (χ2v) is 10.5. The number of amides is 2. The van der Waals surface area contributed by atoms with E-state index in [4.69, 9.17) is 14.2 Å². The third kappa shape index (κ3) is 5.79. The molecule has 2 aromatic carbocycles. The predicted octanol–water partition coefficient (Wildman–Crippen LogP) is 4.36. The van der Waals surface area contributed by atoms with Crippen LogP contribution in [0.4, 0.5) is 0 Å². The van der Waals surface area contributed by atoms with Crippen molar-refractivity contribution >= 4 is 17.6 Å². The number of hydrogen-bond donors (Lipinski definition) is 0. The van der Waals surface area contributed by atoms with Crippen LogP contribution in [0.25, 0.3) is 0 Å². The van der Waals surface area contributed by atoms with Gasteiger partial charge in [0.2, 0.25) is 5.91 Å². The molecule has 0 saturated carbocycles. The summed E-state index contributed by atoms with van der Waals surface area (Å²) in [7, 11) is 0. The molecular formula is C30H36N2O6. The summed E-state index contributed by atoms with van der Waals surface area (Å²) in [6, 6.07) is 12.6. The van der Waals surface area contributed by atoms with E-state index in [0.29, 0.717) is 68.6 Å². The molecule has 0 radical (unpaired) electrons. The molecule has 2 fully saturated rings. The van der Waals surface area contributed by atoms with Gasteiger partial charge in [-0.2, -0.15) is 0 Å². The second-order valence-electron chi connectivity index (χ2n) is 10.5. The van der Waals surface area contributed by atoms with Gasteiger partial charge in [-0.25, -0.2) is 0 Å². The largest absolute Gasteiger partial charge is 0.494 e. The zero-order valence-corrected chi connectivity index (χ0v) is 22.1. The molecule has 0 aliphatic carbocycles. The molecule has 8 nitrogen and oxygen atoms in total. The number of Topliss-reactive ketones (excluding diaryl/α,β-unsaturated/α-hetero) is 1. The lowest BCUT2D eigenvalue weighted by atomic mass is 9.77. The summed E-state index contributed by atoms with van der Waals surface area (Å²) in [5.74, 6) is 2.02. The molecule has 0 aromatic heterocycles. The Hall–Kier alpha value is -3.55. The minimum Gasteiger partial charge on any atom is -0.494 e. The van der Waals surface area contributed by atoms with Gasteiger partial charge in [0.1, 0.15) is 5.75 Å². The normalized spacial score (nSPS) is 18.2. The maximum atomic E-state index is 13.0. The summed E-state index contributed by atoms with van der Waals surface area (Å²) in [5, 5.41) is 0. The number of piperidine rings is 1. The van der Waals surface area contributed by atoms with Crippen LogP contribution in [-0.4, -0.2) is 73.4 Å². The summed E-state index contributed by atoms with van der Waals surface area (Å²) in [4.78, 5) is 42.6. The Morgan fingerprint density at radius 2 is 1.50 bits per heavy atom. The molecule has 3 aliphatic rings. The van der Waals surface area contributed by atoms with Crippen molar-refractivity contribution < 1.29 is 28.6 Å². The Morgan fingerprint density at radius 1 is 0.842 bits per heavy atom. The van der Waals surface area contributed by atoms with E-state index in [1.165, 1.54) is 0 Å². The van der Waals surface area contributed by atoms with Crippen molar-refractivity contribution in [1.82, 2.24) is 9.80 Å². The summed E-state index contributed by atoms with van der Waals surface area (Å²) in [6.45, 7) is 6.49. The monoisotopic (exact) mass is 520 g/mol. The van der Waals surface area contributed by atoms with Crippen LogP contribution in [0, 0.1) is 5.41 Å². The number of hydrogen-bond acceptors (Lipinski definition) is 6. The first kappa shape index (κ1) is 26.1. The van der Waals surface area contributed by atoms with Crippen molar-refractivity contribution in [3.05, 3.63) is 53.6 Å². The number of ketones is 1. The maximum Gasteiger partial charge on any atom is 0.253 e. The van der Waals surface area contributed by atoms with E-state index in [1.54, 1.807) is 18.2 Å². The molecule has 202 valence electrons. The van der Waals surface area contributed by atoms with E-state index in [9.17, 15) is 14.4 Å². The van der Waals surface area contributed by atoms with Crippen molar-refractivity contribution in [3.63, 3.8) is 0 Å². The predicted molar refractivity (Wildman–Crippen MR) is 142 cm³/mol. The maximum absolute atomic E-state index is 13.0. The van der Waals surface area contributed by atoms with Gasteiger partial charge in [0.15, 0.2) is 17.3 Å². The fourth-order valence-corrected chi connectivity index (χ4v) is 5.64. The fourth-order valence-electron chi connectivity index (χ4n) is 5.64. The third-order valence-corrected chi connectivity index (χ3v) is 7.95. The Morgan fingerprint density at radius 3 is 2.21 bits per heavy atom. The van der Waals surface area contributed by atoms with E-state index in [1.807, 2.05) is 41.0 Å². The summed E-state index contributed by atoms with van der Waals surface area (Å²) in [5.41, 5.74) is 1.28. The van der Waals surface area contributed by atoms with Crippen LogP contribution in [0.2, 0.25) is 0 Å². The van der Waals surface area contributed by atoms with Crippen molar-refractivity contribution in [2.24, 2.45) is 5.41 Å². The highest BCUT2D eigenvalue weighted by atomic mass is 16.5. The van der Waals surface area contributed by atoms with E-state index in [0.717, 1.165) is 31.4 Å². The van der Waals surface area contributed by atoms with E-state index >= 15 is 0 Å². The smallest absolute Gasteiger partial charge is 0.253 e. The highest BCUT2D eigenvalue weighted by molar-refractivity contribution is 5.98. The van der Waals surface area contributed by atoms with Gasteiger partial charge in [-0.05, 0) is 74.1 Å². The molecule has 3 heterocycles. The molecule has 5 rings (SSSR count). The Balaban J connectivity index is 1.09. The number of nitrogens with zero attached hydrogens (tertiary/aromatic N) is 2. The van der Waals surface area contributed by atoms with Gasteiger partial charge in [0.05, 0.1) is 19.8 Å². The van der Waals surface area contributed by atoms with Gasteiger partial charge in [0, 0.05) is 56.6 Å². The van der Waals surface area contributed by atoms with Crippen LogP contribution < -0.4 is 14.2 Å². The van der Waals surface area contributed by atoms with Crippen LogP contribution in [0.5, 0.6) is 17.2 Å². The van der Waals surface area contributed by atoms with Crippen LogP contribution in [-0.2, 0) is 4.79 Å². The lowest BCUT2D eigenvalue weighted by Gasteiger charge is -2.39. The van der Waals surface area contributed by atoms with E-state index in [2.05, 4.69) is 0 Å². The Labute approximate surface area is 223 Å². The van der Waals surface area contributed by atoms with Gasteiger partial charge < -0.3 is 24.0 Å². The van der Waals surface area contributed by atoms with E-state index < -0.39 is 0 Å². The molecule has 1 spiro atoms. The number of benzene rings is 2. The fraction of sp³-hybridized carbons (Fsp3) is 0.500. The molecule has 8 heteroatoms. The molecule has 2 amide bonds. The highest BCUT2D eigenvalue weighted by Crippen LogP contribution is 2.41. The average molecular weight is 521 g/mol. The molecule has 2 saturated heterocycles. The van der Waals surface area contributed by atoms with Crippen molar-refractivity contribution in [2.75, 3.05) is 46.0 Å². The first-order chi connectivity index (χ1) is 18.5. The Bertz CT molecular complexity index is 1170. The van der Waals surface area contributed by atoms with Crippen molar-refractivity contribution in [2.45, 2.75) is 45.4 Å². The van der Waals surface area contributed by atoms with Gasteiger partial charge >= 0.3 is 0 Å². The zero-order chi connectivity index (χ0) is 26.5. The summed E-state index contributed by atoms with van der Waals surface area (Å²) < 4.78 is 16.8. The van der Waals surface area contributed by atoms with Gasteiger partial charge in [-0.15, -0.1) is 0 Å². The summed E-state index contributed by atoms with van der Waals surface area (Å²) in [6.07, 6.45) is 3.89. The lowest BCUT2D eigenvalue weighted by Crippen LogP contribution is -2.44. The minimum absolute atomic E-state index is 0.0254. The molecule has 0 N–H and O–H groups in total. The van der Waals surface area contributed by atoms with Crippen LogP contribution in [0.3, 0.4) is 0 Å². The van der Waals surface area contributed by atoms with Crippen molar-refractivity contribution in [1.29, 1.82) is 0 Å². The first-order valence-electron chi connectivity index (χ1n) is 13.7. The molecule has 0 atom stereocenters. The van der Waals surface area contributed by atoms with Crippen LogP contribution in [0.15, 0.2) is 42.5 Å². The summed E-state index contributed by atoms with van der Waals surface area (Å²) >= 11 is 0. The SMILES string of the molecule is CCOc1ccc(C(=O)N2CCC3(CCN(C(=O)CCC(=O)c4ccc5c(c4)OCCCO5)C3)CC2)cc1. The number of rotatable bonds is 7. The average Bonchev–Trinajstić information content (AvgIpc) is 3.20.